The SMILES string of the molecule is CC(C)CN(CC(C)C)c1ccc(C(C)CC(=O)O)cc1Nc1nnn(C(C)C)n1. The van der Waals surface area contributed by atoms with Gasteiger partial charge < -0.3 is 15.3 Å². The summed E-state index contributed by atoms with van der Waals surface area (Å²) in [7, 11) is 0. The first-order valence-electron chi connectivity index (χ1n) is 10.7. The molecule has 0 aliphatic heterocycles. The highest BCUT2D eigenvalue weighted by Gasteiger charge is 2.19. The maximum absolute atomic E-state index is 11.2. The van der Waals surface area contributed by atoms with Gasteiger partial charge in [-0.15, -0.1) is 5.10 Å². The fraction of sp³-hybridized carbons (Fsp3) is 0.636. The number of carbonyl (C=O) groups is 1. The van der Waals surface area contributed by atoms with Crippen LogP contribution in [-0.4, -0.2) is 44.4 Å². The Bertz CT molecular complexity index is 821. The Morgan fingerprint density at radius 3 is 2.23 bits per heavy atom. The van der Waals surface area contributed by atoms with Crippen molar-refractivity contribution < 1.29 is 9.90 Å². The second-order valence-corrected chi connectivity index (χ2v) is 9.12. The molecule has 8 nitrogen and oxygen atoms in total. The average molecular weight is 417 g/mol. The van der Waals surface area contributed by atoms with Crippen molar-refractivity contribution in [3.05, 3.63) is 23.8 Å². The fourth-order valence-electron chi connectivity index (χ4n) is 3.38. The normalized spacial score (nSPS) is 12.6. The molecule has 1 aromatic heterocycles. The zero-order valence-corrected chi connectivity index (χ0v) is 19.3. The highest BCUT2D eigenvalue weighted by atomic mass is 16.4. The molecule has 30 heavy (non-hydrogen) atoms. The van der Waals surface area contributed by atoms with Crippen LogP contribution in [0.4, 0.5) is 17.3 Å². The minimum absolute atomic E-state index is 0.0856. The number of nitrogens with zero attached hydrogens (tertiary/aromatic N) is 5. The van der Waals surface area contributed by atoms with E-state index >= 15 is 0 Å². The number of nitrogens with one attached hydrogen (secondary N) is 1. The first-order valence-corrected chi connectivity index (χ1v) is 10.7. The van der Waals surface area contributed by atoms with Crippen LogP contribution in [0.15, 0.2) is 18.2 Å². The van der Waals surface area contributed by atoms with E-state index in [1.165, 1.54) is 0 Å². The van der Waals surface area contributed by atoms with E-state index < -0.39 is 5.97 Å². The maximum Gasteiger partial charge on any atom is 0.303 e. The van der Waals surface area contributed by atoms with Gasteiger partial charge >= 0.3 is 5.97 Å². The third kappa shape index (κ3) is 6.71. The van der Waals surface area contributed by atoms with E-state index in [1.807, 2.05) is 32.9 Å². The van der Waals surface area contributed by atoms with E-state index in [2.05, 4.69) is 59.4 Å². The molecule has 0 bridgehead atoms. The van der Waals surface area contributed by atoms with Crippen molar-refractivity contribution in [2.45, 2.75) is 66.8 Å². The van der Waals surface area contributed by atoms with Gasteiger partial charge in [-0.1, -0.05) is 45.8 Å². The van der Waals surface area contributed by atoms with Crippen LogP contribution in [0.5, 0.6) is 0 Å². The van der Waals surface area contributed by atoms with Gasteiger partial charge in [0.15, 0.2) is 0 Å². The molecule has 1 heterocycles. The highest BCUT2D eigenvalue weighted by Crippen LogP contribution is 2.33. The van der Waals surface area contributed by atoms with Gasteiger partial charge in [0.05, 0.1) is 23.8 Å². The van der Waals surface area contributed by atoms with Crippen molar-refractivity contribution >= 4 is 23.3 Å². The van der Waals surface area contributed by atoms with Gasteiger partial charge in [-0.2, -0.15) is 4.80 Å². The number of tetrazole rings is 1. The minimum Gasteiger partial charge on any atom is -0.481 e. The molecule has 8 heteroatoms. The van der Waals surface area contributed by atoms with Crippen LogP contribution in [-0.2, 0) is 4.79 Å². The Balaban J connectivity index is 2.45. The van der Waals surface area contributed by atoms with Gasteiger partial charge in [-0.05, 0) is 54.5 Å². The first-order chi connectivity index (χ1) is 14.1. The third-order valence-corrected chi connectivity index (χ3v) is 4.72. The molecule has 2 aromatic rings. The van der Waals surface area contributed by atoms with Crippen LogP contribution in [0.25, 0.3) is 0 Å². The largest absolute Gasteiger partial charge is 0.481 e. The predicted molar refractivity (Wildman–Crippen MR) is 120 cm³/mol. The van der Waals surface area contributed by atoms with Crippen LogP contribution < -0.4 is 10.2 Å². The summed E-state index contributed by atoms with van der Waals surface area (Å²) in [5.74, 6) is 0.537. The van der Waals surface area contributed by atoms with Gasteiger partial charge in [0, 0.05) is 13.1 Å². The molecule has 0 saturated heterocycles. The Kier molecular flexibility index (Phi) is 8.20. The number of rotatable bonds is 11. The quantitative estimate of drug-likeness (QED) is 0.548. The highest BCUT2D eigenvalue weighted by molar-refractivity contribution is 5.75. The Labute approximate surface area is 179 Å². The van der Waals surface area contributed by atoms with E-state index in [-0.39, 0.29) is 18.4 Å². The maximum atomic E-state index is 11.2. The van der Waals surface area contributed by atoms with Gasteiger partial charge in [0.2, 0.25) is 0 Å². The summed E-state index contributed by atoms with van der Waals surface area (Å²) in [5.41, 5.74) is 2.90. The predicted octanol–water partition coefficient (Wildman–Crippen LogP) is 4.69. The average Bonchev–Trinajstić information content (AvgIpc) is 3.08. The molecule has 0 spiro atoms. The molecular weight excluding hydrogens is 380 g/mol. The summed E-state index contributed by atoms with van der Waals surface area (Å²) in [6, 6.07) is 6.24. The second kappa shape index (κ2) is 10.4. The van der Waals surface area contributed by atoms with Crippen LogP contribution in [0, 0.1) is 11.8 Å². The summed E-state index contributed by atoms with van der Waals surface area (Å²) in [6.07, 6.45) is 0.0856. The molecule has 0 aliphatic rings. The molecule has 0 radical (unpaired) electrons. The lowest BCUT2D eigenvalue weighted by atomic mass is 9.96. The van der Waals surface area contributed by atoms with Gasteiger partial charge in [-0.25, -0.2) is 0 Å². The lowest BCUT2D eigenvalue weighted by Crippen LogP contribution is -2.31. The molecule has 2 N–H and O–H groups in total. The lowest BCUT2D eigenvalue weighted by molar-refractivity contribution is -0.137. The molecule has 2 rings (SSSR count). The third-order valence-electron chi connectivity index (χ3n) is 4.72. The summed E-state index contributed by atoms with van der Waals surface area (Å²) >= 11 is 0. The molecular formula is C22H36N6O2. The molecule has 1 aromatic carbocycles. The van der Waals surface area contributed by atoms with Crippen LogP contribution in [0.2, 0.25) is 0 Å². The van der Waals surface area contributed by atoms with E-state index in [9.17, 15) is 9.90 Å². The summed E-state index contributed by atoms with van der Waals surface area (Å²) in [5, 5.41) is 25.2. The zero-order valence-electron chi connectivity index (χ0n) is 19.3. The lowest BCUT2D eigenvalue weighted by Gasteiger charge is -2.31. The van der Waals surface area contributed by atoms with Crippen LogP contribution in [0.1, 0.15) is 72.4 Å². The molecule has 0 saturated carbocycles. The number of carboxylic acids is 1. The summed E-state index contributed by atoms with van der Waals surface area (Å²) in [4.78, 5) is 15.1. The van der Waals surface area contributed by atoms with Crippen molar-refractivity contribution in [3.63, 3.8) is 0 Å². The number of aromatic nitrogens is 4. The van der Waals surface area contributed by atoms with Gasteiger partial charge in [0.1, 0.15) is 0 Å². The number of anilines is 3. The van der Waals surface area contributed by atoms with E-state index in [0.29, 0.717) is 17.8 Å². The first kappa shape index (κ1) is 23.6. The van der Waals surface area contributed by atoms with E-state index in [4.69, 9.17) is 0 Å². The number of hydrogen-bond donors (Lipinski definition) is 2. The Morgan fingerprint density at radius 2 is 1.73 bits per heavy atom. The minimum atomic E-state index is -0.802. The molecule has 1 unspecified atom stereocenters. The van der Waals surface area contributed by atoms with Gasteiger partial charge in [0.25, 0.3) is 5.95 Å². The van der Waals surface area contributed by atoms with Crippen molar-refractivity contribution in [1.29, 1.82) is 0 Å². The molecule has 1 atom stereocenters. The second-order valence-electron chi connectivity index (χ2n) is 9.12. The van der Waals surface area contributed by atoms with E-state index in [1.54, 1.807) is 4.80 Å². The molecule has 0 fully saturated rings. The smallest absolute Gasteiger partial charge is 0.303 e. The zero-order chi connectivity index (χ0) is 22.4. The van der Waals surface area contributed by atoms with Crippen molar-refractivity contribution in [2.24, 2.45) is 11.8 Å². The molecule has 0 amide bonds. The standard InChI is InChI=1S/C22H36N6O2/c1-14(2)12-27(13-15(3)4)20-9-8-18(17(7)10-21(29)30)11-19(20)23-22-24-26-28(25-22)16(5)6/h8-9,11,14-17H,10,12-13H2,1-7H3,(H,23,25)(H,29,30). The fourth-order valence-corrected chi connectivity index (χ4v) is 3.38. The topological polar surface area (TPSA) is 96.2 Å². The van der Waals surface area contributed by atoms with Crippen molar-refractivity contribution in [1.82, 2.24) is 20.2 Å². The van der Waals surface area contributed by atoms with Crippen LogP contribution in [0.3, 0.4) is 0 Å². The van der Waals surface area contributed by atoms with Crippen molar-refractivity contribution in [3.8, 4) is 0 Å². The van der Waals surface area contributed by atoms with Crippen molar-refractivity contribution in [2.75, 3.05) is 23.3 Å². The summed E-state index contributed by atoms with van der Waals surface area (Å²) in [6.45, 7) is 16.6. The molecule has 0 aliphatic carbocycles. The van der Waals surface area contributed by atoms with E-state index in [0.717, 1.165) is 30.0 Å². The molecule has 166 valence electrons. The number of benzene rings is 1. The Morgan fingerprint density at radius 1 is 1.10 bits per heavy atom. The summed E-state index contributed by atoms with van der Waals surface area (Å²) < 4.78 is 0. The monoisotopic (exact) mass is 416 g/mol. The number of carboxylic acid groups (broad SMARTS) is 1. The Hall–Kier alpha value is -2.64. The van der Waals surface area contributed by atoms with Crippen LogP contribution >= 0.6 is 0 Å². The number of hydrogen-bond acceptors (Lipinski definition) is 6. The number of aliphatic carboxylic acids is 1. The van der Waals surface area contributed by atoms with Gasteiger partial charge in [-0.3, -0.25) is 4.79 Å².